The van der Waals surface area contributed by atoms with Crippen molar-refractivity contribution in [2.45, 2.75) is 57.1 Å². The highest BCUT2D eigenvalue weighted by molar-refractivity contribution is 5.90. The van der Waals surface area contributed by atoms with Gasteiger partial charge in [-0.05, 0) is 30.9 Å². The van der Waals surface area contributed by atoms with Crippen LogP contribution in [0, 0.1) is 40.4 Å². The zero-order valence-corrected chi connectivity index (χ0v) is 21.7. The van der Waals surface area contributed by atoms with Gasteiger partial charge in [-0.15, -0.1) is 0 Å². The first-order chi connectivity index (χ1) is 16.8. The zero-order valence-electron chi connectivity index (χ0n) is 21.7. The molecule has 0 aromatic carbocycles. The van der Waals surface area contributed by atoms with Crippen molar-refractivity contribution >= 4 is 11.8 Å². The Labute approximate surface area is 207 Å². The summed E-state index contributed by atoms with van der Waals surface area (Å²) in [7, 11) is 6.98. The molecule has 6 rings (SSSR count). The Morgan fingerprint density at radius 1 is 1.09 bits per heavy atom. The van der Waals surface area contributed by atoms with Gasteiger partial charge in [0, 0.05) is 83.0 Å². The van der Waals surface area contributed by atoms with Gasteiger partial charge in [-0.2, -0.15) is 0 Å². The first-order valence-electron chi connectivity index (χ1n) is 13.1. The summed E-state index contributed by atoms with van der Waals surface area (Å²) in [4.78, 5) is 28.2. The summed E-state index contributed by atoms with van der Waals surface area (Å²) in [5, 5.41) is 0. The Balaban J connectivity index is 1.61. The lowest BCUT2D eigenvalue weighted by Crippen LogP contribution is -2.79. The second-order valence-corrected chi connectivity index (χ2v) is 11.6. The van der Waals surface area contributed by atoms with Crippen LogP contribution < -0.4 is 0 Å². The van der Waals surface area contributed by atoms with Crippen LogP contribution in [-0.2, 0) is 33.3 Å². The van der Waals surface area contributed by atoms with E-state index in [1.165, 1.54) is 12.5 Å². The number of ether oxygens (including phenoxy) is 5. The molecule has 0 amide bonds. The predicted octanol–water partition coefficient (Wildman–Crippen LogP) is 1.71. The third-order valence-corrected chi connectivity index (χ3v) is 10.9. The fraction of sp³-hybridized carbons (Fsp3) is 0.852. The lowest BCUT2D eigenvalue weighted by molar-refractivity contribution is -0.292. The maximum atomic E-state index is 13.2. The average Bonchev–Trinajstić information content (AvgIpc) is 2.98. The van der Waals surface area contributed by atoms with Crippen LogP contribution in [-0.4, -0.2) is 95.2 Å². The normalized spacial score (nSPS) is 51.4. The Bertz CT molecular complexity index is 952. The molecule has 5 aliphatic carbocycles. The van der Waals surface area contributed by atoms with Crippen LogP contribution in [0.25, 0.3) is 0 Å². The number of ketones is 1. The smallest absolute Gasteiger partial charge is 0.302 e. The van der Waals surface area contributed by atoms with E-state index >= 15 is 0 Å². The van der Waals surface area contributed by atoms with Crippen molar-refractivity contribution in [2.24, 2.45) is 40.4 Å². The molecular formula is C27H39NO7. The summed E-state index contributed by atoms with van der Waals surface area (Å²) in [6.07, 6.45) is 2.65. The summed E-state index contributed by atoms with van der Waals surface area (Å²) in [5.74, 6) is 0.731. The minimum atomic E-state index is -0.478. The van der Waals surface area contributed by atoms with Gasteiger partial charge in [-0.3, -0.25) is 14.5 Å². The van der Waals surface area contributed by atoms with Crippen LogP contribution in [0.5, 0.6) is 0 Å². The quantitative estimate of drug-likeness (QED) is 0.395. The van der Waals surface area contributed by atoms with Gasteiger partial charge in [-0.25, -0.2) is 0 Å². The number of rotatable bonds is 7. The SMILES string of the molecule is CCN1C[C@@]2(COC)[C@H]3[C@@H](OC)[C@@H]4C5=C[C@@H](OC)C(=O)[C@H]6C[C@H]([C@@H]56)[C@]3(C41)[C@@H](OC)C[C@H]2OC(C)=O. The van der Waals surface area contributed by atoms with Gasteiger partial charge in [0.1, 0.15) is 12.2 Å². The molecule has 1 aliphatic heterocycles. The molecule has 0 aromatic rings. The number of piperidine rings is 1. The van der Waals surface area contributed by atoms with Crippen molar-refractivity contribution in [3.63, 3.8) is 0 Å². The van der Waals surface area contributed by atoms with Crippen LogP contribution in [0.4, 0.5) is 0 Å². The molecule has 12 atom stereocenters. The molecule has 4 saturated carbocycles. The second kappa shape index (κ2) is 8.09. The second-order valence-electron chi connectivity index (χ2n) is 11.6. The highest BCUT2D eigenvalue weighted by Gasteiger charge is 2.84. The lowest BCUT2D eigenvalue weighted by Gasteiger charge is -2.72. The van der Waals surface area contributed by atoms with Gasteiger partial charge in [0.05, 0.1) is 18.8 Å². The molecule has 0 radical (unpaired) electrons. The van der Waals surface area contributed by atoms with Crippen LogP contribution in [0.3, 0.4) is 0 Å². The fourth-order valence-electron chi connectivity index (χ4n) is 10.3. The molecule has 1 spiro atoms. The van der Waals surface area contributed by atoms with Crippen LogP contribution in [0.15, 0.2) is 11.6 Å². The predicted molar refractivity (Wildman–Crippen MR) is 125 cm³/mol. The topological polar surface area (TPSA) is 83.5 Å². The Morgan fingerprint density at radius 2 is 1.86 bits per heavy atom. The van der Waals surface area contributed by atoms with E-state index in [1.54, 1.807) is 21.3 Å². The van der Waals surface area contributed by atoms with Crippen molar-refractivity contribution in [3.8, 4) is 0 Å². The van der Waals surface area contributed by atoms with Crippen LogP contribution >= 0.6 is 0 Å². The molecule has 0 aromatic heterocycles. The highest BCUT2D eigenvalue weighted by Crippen LogP contribution is 2.79. The monoisotopic (exact) mass is 489 g/mol. The molecule has 8 nitrogen and oxygen atoms in total. The lowest BCUT2D eigenvalue weighted by atomic mass is 9.37. The number of hydrogen-bond acceptors (Lipinski definition) is 8. The number of nitrogens with zero attached hydrogens (tertiary/aromatic N) is 1. The third kappa shape index (κ3) is 2.65. The standard InChI is InChI=1S/C27H39NO7/c1-7-28-11-26(12-31-3)18(35-13(2)29)10-19(33-5)27-16-8-15-20(16)14(9-17(32-4)22(15)30)21(25(27)28)23(34-6)24(26)27/h9,15-21,23-25H,7-8,10-12H2,1-6H3/t15-,16+,17+,18+,19-,20-,21-,23-,24+,25?,26-,27-/m0/s1. The van der Waals surface area contributed by atoms with Gasteiger partial charge < -0.3 is 23.7 Å². The number of carbonyl (C=O) groups excluding carboxylic acids is 2. The van der Waals surface area contributed by atoms with E-state index < -0.39 is 11.5 Å². The first kappa shape index (κ1) is 24.0. The van der Waals surface area contributed by atoms with E-state index in [1.807, 2.05) is 7.11 Å². The molecule has 5 fully saturated rings. The average molecular weight is 490 g/mol. The van der Waals surface area contributed by atoms with Crippen molar-refractivity contribution in [1.82, 2.24) is 4.90 Å². The van der Waals surface area contributed by atoms with E-state index in [9.17, 15) is 9.59 Å². The first-order valence-corrected chi connectivity index (χ1v) is 13.1. The molecule has 0 N–H and O–H groups in total. The Kier molecular flexibility index (Phi) is 5.56. The van der Waals surface area contributed by atoms with Crippen molar-refractivity contribution in [1.29, 1.82) is 0 Å². The van der Waals surface area contributed by atoms with Crippen LogP contribution in [0.2, 0.25) is 0 Å². The van der Waals surface area contributed by atoms with Gasteiger partial charge in [0.15, 0.2) is 5.78 Å². The Morgan fingerprint density at radius 3 is 2.46 bits per heavy atom. The highest BCUT2D eigenvalue weighted by atomic mass is 16.6. The fourth-order valence-corrected chi connectivity index (χ4v) is 10.3. The van der Waals surface area contributed by atoms with Gasteiger partial charge in [-0.1, -0.05) is 12.5 Å². The molecule has 1 heterocycles. The molecule has 194 valence electrons. The number of fused-ring (bicyclic) bond motifs is 1. The third-order valence-electron chi connectivity index (χ3n) is 10.9. The van der Waals surface area contributed by atoms with Crippen molar-refractivity contribution in [2.75, 3.05) is 48.1 Å². The summed E-state index contributed by atoms with van der Waals surface area (Å²) >= 11 is 0. The van der Waals surface area contributed by atoms with Crippen molar-refractivity contribution < 1.29 is 33.3 Å². The summed E-state index contributed by atoms with van der Waals surface area (Å²) < 4.78 is 30.5. The van der Waals surface area contributed by atoms with E-state index in [4.69, 9.17) is 23.7 Å². The molecule has 6 aliphatic rings. The summed E-state index contributed by atoms with van der Waals surface area (Å²) in [5.41, 5.74) is 0.740. The largest absolute Gasteiger partial charge is 0.462 e. The number of hydrogen-bond donors (Lipinski definition) is 0. The maximum Gasteiger partial charge on any atom is 0.302 e. The summed E-state index contributed by atoms with van der Waals surface area (Å²) in [6, 6.07) is 0.245. The molecule has 1 saturated heterocycles. The van der Waals surface area contributed by atoms with Gasteiger partial charge in [0.25, 0.3) is 0 Å². The van der Waals surface area contributed by atoms with E-state index in [-0.39, 0.29) is 65.2 Å². The van der Waals surface area contributed by atoms with E-state index in [0.29, 0.717) is 18.9 Å². The maximum absolute atomic E-state index is 13.2. The number of carbonyl (C=O) groups is 2. The molecule has 5 bridgehead atoms. The number of likely N-dealkylation sites (tertiary alicyclic amines) is 1. The summed E-state index contributed by atoms with van der Waals surface area (Å²) in [6.45, 7) is 5.86. The molecule has 35 heavy (non-hydrogen) atoms. The molecular weight excluding hydrogens is 450 g/mol. The van der Waals surface area contributed by atoms with Gasteiger partial charge in [0.2, 0.25) is 0 Å². The van der Waals surface area contributed by atoms with Gasteiger partial charge >= 0.3 is 5.97 Å². The minimum Gasteiger partial charge on any atom is -0.462 e. The zero-order chi connectivity index (χ0) is 24.9. The van der Waals surface area contributed by atoms with Crippen LogP contribution in [0.1, 0.15) is 26.7 Å². The minimum absolute atomic E-state index is 0.0107. The number of Topliss-reactive ketones (excluding diaryl/α,β-unsaturated/α-hetero) is 1. The number of esters is 1. The Hall–Kier alpha value is -1.32. The number of methoxy groups -OCH3 is 4. The van der Waals surface area contributed by atoms with E-state index in [0.717, 1.165) is 19.5 Å². The van der Waals surface area contributed by atoms with Crippen molar-refractivity contribution in [3.05, 3.63) is 11.6 Å². The molecule has 1 unspecified atom stereocenters. The molecule has 8 heteroatoms. The van der Waals surface area contributed by atoms with E-state index in [2.05, 4.69) is 17.9 Å².